The Kier molecular flexibility index (Phi) is 6.25. The van der Waals surface area contributed by atoms with Crippen LogP contribution < -0.4 is 10.3 Å². The number of aliphatic hydroxyl groups is 1. The van der Waals surface area contributed by atoms with Crippen LogP contribution in [0.5, 0.6) is 0 Å². The number of nitrogens with one attached hydrogen (secondary N) is 1. The van der Waals surface area contributed by atoms with Gasteiger partial charge in [-0.3, -0.25) is 14.6 Å². The van der Waals surface area contributed by atoms with Crippen LogP contribution in [0.4, 0.5) is 11.4 Å². The van der Waals surface area contributed by atoms with Gasteiger partial charge in [0.15, 0.2) is 5.71 Å². The summed E-state index contributed by atoms with van der Waals surface area (Å²) in [5.74, 6) is -2.32. The maximum absolute atomic E-state index is 12.9. The number of amides is 1. The zero-order valence-electron chi connectivity index (χ0n) is 16.6. The second kappa shape index (κ2) is 9.26. The van der Waals surface area contributed by atoms with E-state index in [2.05, 4.69) is 10.4 Å². The SMILES string of the molecule is O=C(Nc1ccccc1)C(=O)C1=NN(c2cccc(Cl)c2Cl)[C@H](c2ccccc2)C=C1O. The minimum atomic E-state index is -0.989. The molecule has 1 atom stereocenters. The average molecular weight is 466 g/mol. The van der Waals surface area contributed by atoms with Gasteiger partial charge in [-0.15, -0.1) is 0 Å². The van der Waals surface area contributed by atoms with Crippen LogP contribution in [0.15, 0.2) is 95.8 Å². The number of benzene rings is 3. The molecular weight excluding hydrogens is 449 g/mol. The maximum Gasteiger partial charge on any atom is 0.298 e. The summed E-state index contributed by atoms with van der Waals surface area (Å²) >= 11 is 12.6. The van der Waals surface area contributed by atoms with Crippen LogP contribution >= 0.6 is 23.2 Å². The number of para-hydroxylation sites is 1. The number of ketones is 1. The molecule has 0 radical (unpaired) electrons. The molecule has 6 nitrogen and oxygen atoms in total. The number of Topliss-reactive ketones (excluding diaryl/α,β-unsaturated/α-hetero) is 1. The van der Waals surface area contributed by atoms with E-state index in [0.717, 1.165) is 5.56 Å². The van der Waals surface area contributed by atoms with Crippen molar-refractivity contribution in [2.45, 2.75) is 6.04 Å². The Hall–Kier alpha value is -3.61. The van der Waals surface area contributed by atoms with E-state index in [-0.39, 0.29) is 5.02 Å². The van der Waals surface area contributed by atoms with Crippen LogP contribution in [0.3, 0.4) is 0 Å². The Bertz CT molecular complexity index is 1230. The third-order valence-electron chi connectivity index (χ3n) is 4.80. The van der Waals surface area contributed by atoms with E-state index >= 15 is 0 Å². The molecule has 8 heteroatoms. The number of carbonyl (C=O) groups is 2. The summed E-state index contributed by atoms with van der Waals surface area (Å²) in [6.45, 7) is 0. The van der Waals surface area contributed by atoms with Crippen LogP contribution in [-0.2, 0) is 9.59 Å². The summed E-state index contributed by atoms with van der Waals surface area (Å²) < 4.78 is 0. The van der Waals surface area contributed by atoms with Crippen molar-refractivity contribution in [3.8, 4) is 0 Å². The first-order chi connectivity index (χ1) is 15.5. The Morgan fingerprint density at radius 2 is 1.56 bits per heavy atom. The van der Waals surface area contributed by atoms with Crippen molar-refractivity contribution in [2.24, 2.45) is 5.10 Å². The van der Waals surface area contributed by atoms with Gasteiger partial charge in [-0.25, -0.2) is 0 Å². The summed E-state index contributed by atoms with van der Waals surface area (Å²) in [5.41, 5.74) is 1.26. The quantitative estimate of drug-likeness (QED) is 0.483. The number of hydrogen-bond donors (Lipinski definition) is 2. The second-order valence-electron chi connectivity index (χ2n) is 6.92. The number of aliphatic hydroxyl groups excluding tert-OH is 1. The van der Waals surface area contributed by atoms with E-state index in [4.69, 9.17) is 23.2 Å². The maximum atomic E-state index is 12.9. The molecule has 0 saturated heterocycles. The fraction of sp³-hybridized carbons (Fsp3) is 0.0417. The summed E-state index contributed by atoms with van der Waals surface area (Å²) in [6, 6.07) is 22.2. The van der Waals surface area contributed by atoms with E-state index in [1.54, 1.807) is 48.5 Å². The molecule has 1 aliphatic rings. The van der Waals surface area contributed by atoms with Crippen molar-refractivity contribution < 1.29 is 14.7 Å². The molecule has 1 aliphatic heterocycles. The Labute approximate surface area is 194 Å². The highest BCUT2D eigenvalue weighted by Crippen LogP contribution is 2.39. The number of anilines is 2. The van der Waals surface area contributed by atoms with E-state index in [1.165, 1.54) is 11.1 Å². The van der Waals surface area contributed by atoms with Crippen LogP contribution in [0.25, 0.3) is 0 Å². The van der Waals surface area contributed by atoms with Gasteiger partial charge in [0.25, 0.3) is 11.7 Å². The van der Waals surface area contributed by atoms with Crippen molar-refractivity contribution in [2.75, 3.05) is 10.3 Å². The molecule has 4 rings (SSSR count). The first-order valence-corrected chi connectivity index (χ1v) is 10.4. The highest BCUT2D eigenvalue weighted by Gasteiger charge is 2.33. The van der Waals surface area contributed by atoms with Gasteiger partial charge in [0.05, 0.1) is 21.8 Å². The minimum Gasteiger partial charge on any atom is -0.506 e. The fourth-order valence-electron chi connectivity index (χ4n) is 3.26. The van der Waals surface area contributed by atoms with E-state index in [9.17, 15) is 14.7 Å². The zero-order chi connectivity index (χ0) is 22.7. The van der Waals surface area contributed by atoms with E-state index in [1.807, 2.05) is 30.3 Å². The van der Waals surface area contributed by atoms with Crippen LogP contribution in [0.2, 0.25) is 10.0 Å². The molecule has 0 fully saturated rings. The average Bonchev–Trinajstić information content (AvgIpc) is 2.81. The Balaban J connectivity index is 1.74. The number of nitrogens with zero attached hydrogens (tertiary/aromatic N) is 2. The van der Waals surface area contributed by atoms with Gasteiger partial charge >= 0.3 is 0 Å². The van der Waals surface area contributed by atoms with Gasteiger partial charge in [0.1, 0.15) is 5.76 Å². The molecule has 0 bridgehead atoms. The number of hydrogen-bond acceptors (Lipinski definition) is 5. The summed E-state index contributed by atoms with van der Waals surface area (Å²) in [7, 11) is 0. The zero-order valence-corrected chi connectivity index (χ0v) is 18.1. The highest BCUT2D eigenvalue weighted by atomic mass is 35.5. The molecule has 2 N–H and O–H groups in total. The van der Waals surface area contributed by atoms with E-state index in [0.29, 0.717) is 16.4 Å². The van der Waals surface area contributed by atoms with Gasteiger partial charge in [-0.1, -0.05) is 77.8 Å². The fourth-order valence-corrected chi connectivity index (χ4v) is 3.64. The molecule has 0 saturated carbocycles. The third-order valence-corrected chi connectivity index (χ3v) is 5.61. The topological polar surface area (TPSA) is 82.0 Å². The third kappa shape index (κ3) is 4.37. The van der Waals surface area contributed by atoms with Gasteiger partial charge in [-0.2, -0.15) is 5.10 Å². The molecule has 160 valence electrons. The molecule has 3 aromatic rings. The first-order valence-electron chi connectivity index (χ1n) is 9.64. The molecule has 1 heterocycles. The standard InChI is InChI=1S/C24H17Cl2N3O3/c25-17-12-7-13-18(21(17)26)29-19(15-8-3-1-4-9-15)14-20(30)22(28-29)23(31)24(32)27-16-10-5-2-6-11-16/h1-14,19,30H,(H,27,32)/t19-/m0/s1. The number of hydrazone groups is 1. The normalized spacial score (nSPS) is 15.6. The lowest BCUT2D eigenvalue weighted by Crippen LogP contribution is -2.37. The Morgan fingerprint density at radius 1 is 0.906 bits per heavy atom. The first kappa shape index (κ1) is 21.6. The number of allylic oxidation sites excluding steroid dienone is 1. The molecule has 32 heavy (non-hydrogen) atoms. The highest BCUT2D eigenvalue weighted by molar-refractivity contribution is 6.69. The lowest BCUT2D eigenvalue weighted by Gasteiger charge is -2.32. The predicted octanol–water partition coefficient (Wildman–Crippen LogP) is 5.56. The lowest BCUT2D eigenvalue weighted by atomic mass is 10.0. The van der Waals surface area contributed by atoms with Crippen LogP contribution in [0, 0.1) is 0 Å². The molecule has 1 amide bonds. The van der Waals surface area contributed by atoms with Crippen molar-refractivity contribution in [3.05, 3.63) is 106 Å². The monoisotopic (exact) mass is 465 g/mol. The summed E-state index contributed by atoms with van der Waals surface area (Å²) in [4.78, 5) is 25.4. The molecule has 0 unspecified atom stereocenters. The number of rotatable bonds is 5. The number of carbonyl (C=O) groups excluding carboxylic acids is 2. The largest absolute Gasteiger partial charge is 0.506 e. The summed E-state index contributed by atoms with van der Waals surface area (Å²) in [6.07, 6.45) is 1.45. The van der Waals surface area contributed by atoms with Crippen molar-refractivity contribution in [1.29, 1.82) is 0 Å². The van der Waals surface area contributed by atoms with E-state index < -0.39 is 29.2 Å². The van der Waals surface area contributed by atoms with Crippen LogP contribution in [0.1, 0.15) is 11.6 Å². The number of halogens is 2. The smallest absolute Gasteiger partial charge is 0.298 e. The van der Waals surface area contributed by atoms with Gasteiger partial charge in [-0.05, 0) is 35.9 Å². The van der Waals surface area contributed by atoms with Gasteiger partial charge in [0, 0.05) is 5.69 Å². The van der Waals surface area contributed by atoms with Crippen molar-refractivity contribution in [1.82, 2.24) is 0 Å². The van der Waals surface area contributed by atoms with Crippen molar-refractivity contribution >= 4 is 52.0 Å². The Morgan fingerprint density at radius 3 is 2.25 bits per heavy atom. The molecule has 0 aromatic heterocycles. The minimum absolute atomic E-state index is 0.231. The van der Waals surface area contributed by atoms with Crippen molar-refractivity contribution in [3.63, 3.8) is 0 Å². The molecular formula is C24H17Cl2N3O3. The summed E-state index contributed by atoms with van der Waals surface area (Å²) in [5, 5.41) is 19.5. The molecule has 0 aliphatic carbocycles. The second-order valence-corrected chi connectivity index (χ2v) is 7.71. The molecule has 0 spiro atoms. The lowest BCUT2D eigenvalue weighted by molar-refractivity contribution is -0.130. The predicted molar refractivity (Wildman–Crippen MR) is 126 cm³/mol. The van der Waals surface area contributed by atoms with Gasteiger partial charge in [0.2, 0.25) is 0 Å². The van der Waals surface area contributed by atoms with Crippen LogP contribution in [-0.4, -0.2) is 22.5 Å². The molecule has 3 aromatic carbocycles. The van der Waals surface area contributed by atoms with Gasteiger partial charge < -0.3 is 10.4 Å².